The Morgan fingerprint density at radius 1 is 1.50 bits per heavy atom. The number of nitrogens with zero attached hydrogens (tertiary/aromatic N) is 1. The van der Waals surface area contributed by atoms with Crippen molar-refractivity contribution in [3.63, 3.8) is 0 Å². The summed E-state index contributed by atoms with van der Waals surface area (Å²) in [5.74, 6) is -0.298. The first-order valence-corrected chi connectivity index (χ1v) is 4.48. The van der Waals surface area contributed by atoms with E-state index in [1.807, 2.05) is 6.07 Å². The molecule has 0 spiro atoms. The Labute approximate surface area is 86.9 Å². The zero-order valence-corrected chi connectivity index (χ0v) is 8.60. The van der Waals surface area contributed by atoms with Gasteiger partial charge in [0.15, 0.2) is 5.75 Å². The van der Waals surface area contributed by atoms with Crippen molar-refractivity contribution in [2.75, 3.05) is 0 Å². The van der Waals surface area contributed by atoms with Crippen LogP contribution >= 0.6 is 11.6 Å². The highest BCUT2D eigenvalue weighted by Crippen LogP contribution is 2.30. The van der Waals surface area contributed by atoms with Crippen LogP contribution in [0.2, 0.25) is 5.02 Å². The number of hydrogen-bond donors (Lipinski definition) is 0. The highest BCUT2D eigenvalue weighted by Gasteiger charge is 2.12. The van der Waals surface area contributed by atoms with E-state index in [0.717, 1.165) is 12.1 Å². The molecule has 0 aromatic heterocycles. The summed E-state index contributed by atoms with van der Waals surface area (Å²) >= 11 is 5.74. The number of ether oxygens (including phenoxy) is 1. The molecule has 0 radical (unpaired) electrons. The summed E-state index contributed by atoms with van der Waals surface area (Å²) in [7, 11) is 0. The number of rotatable bonds is 2. The van der Waals surface area contributed by atoms with Crippen LogP contribution in [0.25, 0.3) is 0 Å². The van der Waals surface area contributed by atoms with Crippen molar-refractivity contribution in [2.45, 2.75) is 20.0 Å². The summed E-state index contributed by atoms with van der Waals surface area (Å²) < 4.78 is 18.1. The van der Waals surface area contributed by atoms with Crippen molar-refractivity contribution in [2.24, 2.45) is 0 Å². The molecule has 4 heteroatoms. The summed E-state index contributed by atoms with van der Waals surface area (Å²) in [6.07, 6.45) is -0.106. The molecule has 14 heavy (non-hydrogen) atoms. The summed E-state index contributed by atoms with van der Waals surface area (Å²) in [6, 6.07) is 4.06. The van der Waals surface area contributed by atoms with Crippen LogP contribution in [0.1, 0.15) is 19.4 Å². The molecule has 0 fully saturated rings. The first-order chi connectivity index (χ1) is 6.54. The van der Waals surface area contributed by atoms with Crippen LogP contribution in [-0.4, -0.2) is 6.10 Å². The molecule has 0 N–H and O–H groups in total. The van der Waals surface area contributed by atoms with Crippen molar-refractivity contribution in [1.82, 2.24) is 0 Å². The largest absolute Gasteiger partial charge is 0.488 e. The van der Waals surface area contributed by atoms with Gasteiger partial charge in [-0.1, -0.05) is 11.6 Å². The first-order valence-electron chi connectivity index (χ1n) is 4.10. The monoisotopic (exact) mass is 213 g/mol. The van der Waals surface area contributed by atoms with Crippen LogP contribution in [0.4, 0.5) is 4.39 Å². The van der Waals surface area contributed by atoms with E-state index in [9.17, 15) is 4.39 Å². The van der Waals surface area contributed by atoms with Gasteiger partial charge < -0.3 is 4.74 Å². The second-order valence-corrected chi connectivity index (χ2v) is 3.45. The van der Waals surface area contributed by atoms with E-state index in [2.05, 4.69) is 0 Å². The predicted octanol–water partition coefficient (Wildman–Crippen LogP) is 3.14. The minimum atomic E-state index is -0.539. The molecule has 0 aliphatic carbocycles. The molecular formula is C10H9ClFNO. The smallest absolute Gasteiger partial charge is 0.156 e. The Kier molecular flexibility index (Phi) is 3.32. The average molecular weight is 214 g/mol. The molecule has 0 unspecified atom stereocenters. The Morgan fingerprint density at radius 3 is 2.64 bits per heavy atom. The lowest BCUT2D eigenvalue weighted by molar-refractivity contribution is 0.241. The fourth-order valence-electron chi connectivity index (χ4n) is 0.999. The molecule has 1 rings (SSSR count). The van der Waals surface area contributed by atoms with Crippen LogP contribution in [0.5, 0.6) is 5.75 Å². The zero-order chi connectivity index (χ0) is 10.7. The molecule has 74 valence electrons. The van der Waals surface area contributed by atoms with Gasteiger partial charge in [-0.2, -0.15) is 5.26 Å². The van der Waals surface area contributed by atoms with Gasteiger partial charge in [0.05, 0.1) is 16.7 Å². The van der Waals surface area contributed by atoms with Crippen LogP contribution < -0.4 is 4.74 Å². The van der Waals surface area contributed by atoms with Crippen molar-refractivity contribution in [3.8, 4) is 11.8 Å². The van der Waals surface area contributed by atoms with Gasteiger partial charge in [-0.25, -0.2) is 4.39 Å². The van der Waals surface area contributed by atoms with E-state index in [-0.39, 0.29) is 22.4 Å². The number of nitriles is 1. The zero-order valence-electron chi connectivity index (χ0n) is 7.84. The molecule has 0 saturated carbocycles. The molecule has 0 atom stereocenters. The Morgan fingerprint density at radius 2 is 2.14 bits per heavy atom. The van der Waals surface area contributed by atoms with Crippen LogP contribution in [0.3, 0.4) is 0 Å². The number of halogens is 2. The van der Waals surface area contributed by atoms with E-state index < -0.39 is 5.82 Å². The van der Waals surface area contributed by atoms with Gasteiger partial charge >= 0.3 is 0 Å². The third-order valence-electron chi connectivity index (χ3n) is 1.48. The maximum Gasteiger partial charge on any atom is 0.156 e. The summed E-state index contributed by atoms with van der Waals surface area (Å²) in [4.78, 5) is 0. The Hall–Kier alpha value is -1.27. The fraction of sp³-hybridized carbons (Fsp3) is 0.300. The van der Waals surface area contributed by atoms with Crippen molar-refractivity contribution in [1.29, 1.82) is 5.26 Å². The lowest BCUT2D eigenvalue weighted by atomic mass is 10.2. The van der Waals surface area contributed by atoms with Gasteiger partial charge in [0.25, 0.3) is 0 Å². The maximum atomic E-state index is 12.8. The van der Waals surface area contributed by atoms with E-state index in [1.54, 1.807) is 13.8 Å². The molecular weight excluding hydrogens is 205 g/mol. The molecule has 0 aliphatic heterocycles. The number of hydrogen-bond acceptors (Lipinski definition) is 2. The third-order valence-corrected chi connectivity index (χ3v) is 1.76. The standard InChI is InChI=1S/C10H9ClFNO/c1-6(2)14-10-7(5-13)3-8(12)4-9(10)11/h3-4,6H,1-2H3. The van der Waals surface area contributed by atoms with Gasteiger partial charge in [0.2, 0.25) is 0 Å². The predicted molar refractivity (Wildman–Crippen MR) is 51.9 cm³/mol. The highest BCUT2D eigenvalue weighted by atomic mass is 35.5. The van der Waals surface area contributed by atoms with Gasteiger partial charge in [-0.15, -0.1) is 0 Å². The minimum absolute atomic E-state index is 0.106. The lowest BCUT2D eigenvalue weighted by Gasteiger charge is -2.12. The second kappa shape index (κ2) is 4.30. The molecule has 0 amide bonds. The van der Waals surface area contributed by atoms with Gasteiger partial charge in [-0.05, 0) is 26.0 Å². The summed E-state index contributed by atoms with van der Waals surface area (Å²) in [5, 5.41) is 8.85. The van der Waals surface area contributed by atoms with Crippen molar-refractivity contribution < 1.29 is 9.13 Å². The minimum Gasteiger partial charge on any atom is -0.488 e. The first kappa shape index (κ1) is 10.8. The molecule has 2 nitrogen and oxygen atoms in total. The van der Waals surface area contributed by atoms with Crippen LogP contribution in [0, 0.1) is 17.1 Å². The summed E-state index contributed by atoms with van der Waals surface area (Å²) in [6.45, 7) is 3.61. The highest BCUT2D eigenvalue weighted by molar-refractivity contribution is 6.32. The van der Waals surface area contributed by atoms with Crippen LogP contribution in [0.15, 0.2) is 12.1 Å². The quantitative estimate of drug-likeness (QED) is 0.756. The molecule has 0 heterocycles. The molecule has 0 saturated heterocycles. The average Bonchev–Trinajstić information content (AvgIpc) is 2.08. The van der Waals surface area contributed by atoms with Gasteiger partial charge in [0, 0.05) is 0 Å². The van der Waals surface area contributed by atoms with Crippen molar-refractivity contribution in [3.05, 3.63) is 28.5 Å². The van der Waals surface area contributed by atoms with E-state index in [4.69, 9.17) is 21.6 Å². The lowest BCUT2D eigenvalue weighted by Crippen LogP contribution is -2.07. The normalized spacial score (nSPS) is 10.0. The van der Waals surface area contributed by atoms with E-state index >= 15 is 0 Å². The van der Waals surface area contributed by atoms with E-state index in [1.165, 1.54) is 0 Å². The third kappa shape index (κ3) is 2.36. The molecule has 1 aromatic carbocycles. The second-order valence-electron chi connectivity index (χ2n) is 3.04. The molecule has 1 aromatic rings. The van der Waals surface area contributed by atoms with Gasteiger partial charge in [-0.3, -0.25) is 0 Å². The summed E-state index contributed by atoms with van der Waals surface area (Å²) in [5.41, 5.74) is 0.115. The van der Waals surface area contributed by atoms with Crippen LogP contribution in [-0.2, 0) is 0 Å². The molecule has 0 aliphatic rings. The van der Waals surface area contributed by atoms with E-state index in [0.29, 0.717) is 0 Å². The van der Waals surface area contributed by atoms with Gasteiger partial charge in [0.1, 0.15) is 11.9 Å². The van der Waals surface area contributed by atoms with Crippen molar-refractivity contribution >= 4 is 11.6 Å². The SMILES string of the molecule is CC(C)Oc1c(Cl)cc(F)cc1C#N. The molecule has 0 bridgehead atoms. The number of benzene rings is 1. The maximum absolute atomic E-state index is 12.8. The fourth-order valence-corrected chi connectivity index (χ4v) is 1.25. The Balaban J connectivity index is 3.20. The topological polar surface area (TPSA) is 33.0 Å². The Bertz CT molecular complexity index is 384.